The van der Waals surface area contributed by atoms with Crippen LogP contribution in [0.3, 0.4) is 0 Å². The van der Waals surface area contributed by atoms with Gasteiger partial charge in [-0.2, -0.15) is 16.8 Å². The lowest BCUT2D eigenvalue weighted by atomic mass is 10.5. The van der Waals surface area contributed by atoms with E-state index in [1.807, 2.05) is 0 Å². The first-order valence-electron chi connectivity index (χ1n) is 4.57. The molecule has 0 saturated carbocycles. The summed E-state index contributed by atoms with van der Waals surface area (Å²) >= 11 is 0. The highest BCUT2D eigenvalue weighted by atomic mass is 32.2. The van der Waals surface area contributed by atoms with Crippen LogP contribution >= 0.6 is 0 Å². The molecule has 0 aliphatic carbocycles. The van der Waals surface area contributed by atoms with Gasteiger partial charge in [-0.3, -0.25) is 4.55 Å². The molecule has 1 N–H and O–H groups in total. The molecule has 0 aliphatic heterocycles. The maximum Gasteiger partial charge on any atom is 0.310 e. The fraction of sp³-hybridized carbons (Fsp3) is 0.375. The van der Waals surface area contributed by atoms with E-state index >= 15 is 0 Å². The van der Waals surface area contributed by atoms with Crippen molar-refractivity contribution in [1.82, 2.24) is 4.98 Å². The summed E-state index contributed by atoms with van der Waals surface area (Å²) in [6.45, 7) is 0. The van der Waals surface area contributed by atoms with Gasteiger partial charge in [-0.05, 0) is 12.5 Å². The Bertz CT molecular complexity index is 551. The molecule has 1 aromatic heterocycles. The summed E-state index contributed by atoms with van der Waals surface area (Å²) in [5.74, 6) is -1.22. The van der Waals surface area contributed by atoms with E-state index in [0.29, 0.717) is 0 Å². The maximum absolute atomic E-state index is 11.3. The van der Waals surface area contributed by atoms with Gasteiger partial charge >= 0.3 is 10.1 Å². The number of hydrogen-bond acceptors (Lipinski definition) is 6. The zero-order chi connectivity index (χ0) is 12.9. The average Bonchev–Trinajstić information content (AvgIpc) is 2.15. The number of aromatic nitrogens is 1. The quantitative estimate of drug-likeness (QED) is 0.580. The Balaban J connectivity index is 2.53. The van der Waals surface area contributed by atoms with Crippen LogP contribution in [0.15, 0.2) is 24.4 Å². The Morgan fingerprint density at radius 1 is 1.18 bits per heavy atom. The van der Waals surface area contributed by atoms with Crippen molar-refractivity contribution >= 4 is 20.2 Å². The van der Waals surface area contributed by atoms with Gasteiger partial charge in [-0.1, -0.05) is 6.07 Å². The minimum absolute atomic E-state index is 0.0839. The van der Waals surface area contributed by atoms with Crippen LogP contribution < -0.4 is 4.18 Å². The van der Waals surface area contributed by atoms with Gasteiger partial charge < -0.3 is 4.18 Å². The van der Waals surface area contributed by atoms with E-state index in [1.54, 1.807) is 12.1 Å². The minimum Gasteiger partial charge on any atom is -0.362 e. The molecule has 0 radical (unpaired) electrons. The van der Waals surface area contributed by atoms with Gasteiger partial charge in [0.25, 0.3) is 10.1 Å². The monoisotopic (exact) mass is 281 g/mol. The molecule has 17 heavy (non-hydrogen) atoms. The molecule has 0 spiro atoms. The third-order valence-corrected chi connectivity index (χ3v) is 3.66. The van der Waals surface area contributed by atoms with Crippen molar-refractivity contribution in [3.63, 3.8) is 0 Å². The Morgan fingerprint density at radius 3 is 2.41 bits per heavy atom. The fourth-order valence-corrected chi connectivity index (χ4v) is 2.62. The van der Waals surface area contributed by atoms with Gasteiger partial charge in [0.15, 0.2) is 0 Å². The molecule has 0 amide bonds. The van der Waals surface area contributed by atoms with E-state index in [4.69, 9.17) is 4.55 Å². The van der Waals surface area contributed by atoms with Crippen molar-refractivity contribution in [2.75, 3.05) is 11.5 Å². The molecule has 0 atom stereocenters. The first kappa shape index (κ1) is 13.9. The van der Waals surface area contributed by atoms with E-state index in [-0.39, 0.29) is 12.3 Å². The second-order valence-electron chi connectivity index (χ2n) is 3.15. The first-order valence-corrected chi connectivity index (χ1v) is 7.75. The molecule has 0 unspecified atom stereocenters. The predicted octanol–water partition coefficient (Wildman–Crippen LogP) is 0.0681. The predicted molar refractivity (Wildman–Crippen MR) is 59.7 cm³/mol. The Labute approximate surface area is 99.3 Å². The lowest BCUT2D eigenvalue weighted by Crippen LogP contribution is -2.17. The van der Waals surface area contributed by atoms with E-state index in [9.17, 15) is 16.8 Å². The van der Waals surface area contributed by atoms with Gasteiger partial charge in [0.05, 0.1) is 11.5 Å². The highest BCUT2D eigenvalue weighted by molar-refractivity contribution is 7.87. The average molecular weight is 281 g/mol. The van der Waals surface area contributed by atoms with E-state index < -0.39 is 31.7 Å². The van der Waals surface area contributed by atoms with Gasteiger partial charge in [0.2, 0.25) is 5.88 Å². The molecular formula is C8H11NO6S2. The van der Waals surface area contributed by atoms with Crippen molar-refractivity contribution in [2.45, 2.75) is 6.42 Å². The fourth-order valence-electron chi connectivity index (χ4n) is 0.986. The summed E-state index contributed by atoms with van der Waals surface area (Å²) in [5, 5.41) is 0. The summed E-state index contributed by atoms with van der Waals surface area (Å²) in [5.41, 5.74) is 0. The third kappa shape index (κ3) is 6.19. The van der Waals surface area contributed by atoms with E-state index in [2.05, 4.69) is 9.17 Å². The Morgan fingerprint density at radius 2 is 1.88 bits per heavy atom. The van der Waals surface area contributed by atoms with Crippen LogP contribution in [0.25, 0.3) is 0 Å². The van der Waals surface area contributed by atoms with Gasteiger partial charge in [-0.15, -0.1) is 0 Å². The molecule has 0 fully saturated rings. The summed E-state index contributed by atoms with van der Waals surface area (Å²) in [6, 6.07) is 4.51. The largest absolute Gasteiger partial charge is 0.362 e. The molecule has 1 heterocycles. The second-order valence-corrected chi connectivity index (χ2v) is 6.42. The zero-order valence-electron chi connectivity index (χ0n) is 8.68. The van der Waals surface area contributed by atoms with Crippen LogP contribution in [0.1, 0.15) is 6.42 Å². The second kappa shape index (κ2) is 5.43. The van der Waals surface area contributed by atoms with Crippen LogP contribution in [-0.2, 0) is 20.2 Å². The van der Waals surface area contributed by atoms with Crippen molar-refractivity contribution in [3.05, 3.63) is 24.4 Å². The molecule has 0 saturated heterocycles. The van der Waals surface area contributed by atoms with Crippen molar-refractivity contribution in [2.24, 2.45) is 0 Å². The lowest BCUT2D eigenvalue weighted by Gasteiger charge is -2.04. The van der Waals surface area contributed by atoms with Crippen LogP contribution in [0.4, 0.5) is 0 Å². The summed E-state index contributed by atoms with van der Waals surface area (Å²) in [6.07, 6.45) is 1.12. The molecule has 1 rings (SSSR count). The number of pyridine rings is 1. The summed E-state index contributed by atoms with van der Waals surface area (Å²) < 4.78 is 56.5. The smallest absolute Gasteiger partial charge is 0.310 e. The lowest BCUT2D eigenvalue weighted by molar-refractivity contribution is 0.472. The molecule has 0 aliphatic rings. The summed E-state index contributed by atoms with van der Waals surface area (Å²) in [4.78, 5) is 3.65. The number of nitrogens with zero attached hydrogens (tertiary/aromatic N) is 1. The first-order chi connectivity index (χ1) is 7.79. The molecule has 0 bridgehead atoms. The van der Waals surface area contributed by atoms with Crippen molar-refractivity contribution in [1.29, 1.82) is 0 Å². The van der Waals surface area contributed by atoms with Gasteiger partial charge in [0, 0.05) is 12.3 Å². The SMILES string of the molecule is O=S(=O)(O)CCCS(=O)(=O)Oc1ccccn1. The van der Waals surface area contributed by atoms with Crippen molar-refractivity contribution in [3.8, 4) is 5.88 Å². The topological polar surface area (TPSA) is 111 Å². The minimum atomic E-state index is -4.16. The molecule has 9 heteroatoms. The molecular weight excluding hydrogens is 270 g/mol. The van der Waals surface area contributed by atoms with E-state index in [1.165, 1.54) is 12.3 Å². The highest BCUT2D eigenvalue weighted by Gasteiger charge is 2.15. The summed E-state index contributed by atoms with van der Waals surface area (Å²) in [7, 11) is -8.05. The molecule has 7 nitrogen and oxygen atoms in total. The maximum atomic E-state index is 11.3. The molecule has 1 aromatic rings. The van der Waals surface area contributed by atoms with Gasteiger partial charge in [-0.25, -0.2) is 4.98 Å². The van der Waals surface area contributed by atoms with Crippen LogP contribution in [0.5, 0.6) is 5.88 Å². The standard InChI is InChI=1S/C8H11NO6S2/c10-16(11,12)6-3-7-17(13,14)15-8-4-1-2-5-9-8/h1-2,4-5H,3,6-7H2,(H,10,11,12). The molecule has 96 valence electrons. The van der Waals surface area contributed by atoms with Crippen LogP contribution in [0, 0.1) is 0 Å². The Kier molecular flexibility index (Phi) is 4.43. The highest BCUT2D eigenvalue weighted by Crippen LogP contribution is 2.08. The van der Waals surface area contributed by atoms with Gasteiger partial charge in [0.1, 0.15) is 0 Å². The van der Waals surface area contributed by atoms with E-state index in [0.717, 1.165) is 0 Å². The molecule has 0 aromatic carbocycles. The van der Waals surface area contributed by atoms with Crippen molar-refractivity contribution < 1.29 is 25.6 Å². The Hall–Kier alpha value is -1.19. The number of hydrogen-bond donors (Lipinski definition) is 1. The van der Waals surface area contributed by atoms with Crippen LogP contribution in [0.2, 0.25) is 0 Å². The zero-order valence-corrected chi connectivity index (χ0v) is 10.3. The normalized spacial score (nSPS) is 12.3. The number of rotatable bonds is 6. The van der Waals surface area contributed by atoms with Crippen LogP contribution in [-0.4, -0.2) is 37.9 Å². The third-order valence-electron chi connectivity index (χ3n) is 1.65.